The molecule has 1 saturated carbocycles. The van der Waals surface area contributed by atoms with E-state index in [2.05, 4.69) is 54.0 Å². The molecule has 0 spiro atoms. The van der Waals surface area contributed by atoms with E-state index >= 15 is 0 Å². The van der Waals surface area contributed by atoms with Crippen LogP contribution in [-0.4, -0.2) is 33.6 Å². The zero-order valence-corrected chi connectivity index (χ0v) is 25.9. The highest BCUT2D eigenvalue weighted by Gasteiger charge is 2.41. The summed E-state index contributed by atoms with van der Waals surface area (Å²) < 4.78 is 7.99. The van der Waals surface area contributed by atoms with Crippen LogP contribution < -0.4 is 4.90 Å². The number of amides is 1. The third kappa shape index (κ3) is 6.11. The minimum absolute atomic E-state index is 0.196. The van der Waals surface area contributed by atoms with Gasteiger partial charge in [0, 0.05) is 31.1 Å². The Balaban J connectivity index is 1.27. The fourth-order valence-electron chi connectivity index (χ4n) is 6.76. The van der Waals surface area contributed by atoms with Gasteiger partial charge in [0.25, 0.3) is 0 Å². The predicted octanol–water partition coefficient (Wildman–Crippen LogP) is 8.20. The molecule has 4 aromatic rings. The van der Waals surface area contributed by atoms with Crippen LogP contribution in [0.1, 0.15) is 88.0 Å². The lowest BCUT2D eigenvalue weighted by molar-refractivity contribution is -0.121. The Bertz CT molecular complexity index is 1630. The number of hydrogen-bond acceptors (Lipinski definition) is 4. The maximum absolute atomic E-state index is 13.3. The molecule has 2 heterocycles. The second-order valence-electron chi connectivity index (χ2n) is 13.2. The summed E-state index contributed by atoms with van der Waals surface area (Å²) in [6.45, 7) is 9.40. The number of fused-ring (bicyclic) bond motifs is 2. The molecule has 1 aliphatic heterocycles. The van der Waals surface area contributed by atoms with E-state index in [1.54, 1.807) is 0 Å². The Morgan fingerprint density at radius 3 is 2.51 bits per heavy atom. The third-order valence-corrected chi connectivity index (χ3v) is 8.94. The number of anilines is 1. The van der Waals surface area contributed by atoms with Gasteiger partial charge in [-0.15, -0.1) is 0 Å². The van der Waals surface area contributed by atoms with Crippen molar-refractivity contribution in [1.29, 1.82) is 0 Å². The molecule has 2 aliphatic rings. The molecule has 1 saturated heterocycles. The number of carbonyl (C=O) groups excluding carboxylic acids is 2. The highest BCUT2D eigenvalue weighted by atomic mass is 16.6. The van der Waals surface area contributed by atoms with E-state index in [1.807, 2.05) is 49.9 Å². The topological polar surface area (TPSA) is 64.4 Å². The molecule has 0 N–H and O–H groups in total. The smallest absolute Gasteiger partial charge is 0.339 e. The molecule has 2 atom stereocenters. The van der Waals surface area contributed by atoms with Crippen molar-refractivity contribution in [2.45, 2.75) is 84.8 Å². The zero-order valence-electron chi connectivity index (χ0n) is 25.9. The van der Waals surface area contributed by atoms with E-state index in [0.29, 0.717) is 23.9 Å². The van der Waals surface area contributed by atoms with E-state index < -0.39 is 5.60 Å². The monoisotopic (exact) mass is 577 g/mol. The summed E-state index contributed by atoms with van der Waals surface area (Å²) in [5, 5.41) is 0. The Morgan fingerprint density at radius 1 is 1.00 bits per heavy atom. The van der Waals surface area contributed by atoms with Crippen LogP contribution in [0.3, 0.4) is 0 Å². The average Bonchev–Trinajstić information content (AvgIpc) is 3.52. The maximum Gasteiger partial charge on any atom is 0.339 e. The largest absolute Gasteiger partial charge is 0.456 e. The number of benzene rings is 3. The van der Waals surface area contributed by atoms with Gasteiger partial charge in [0.1, 0.15) is 11.4 Å². The van der Waals surface area contributed by atoms with Crippen molar-refractivity contribution in [1.82, 2.24) is 9.55 Å². The molecule has 6 heteroatoms. The van der Waals surface area contributed by atoms with Crippen LogP contribution in [0.15, 0.2) is 66.7 Å². The molecule has 1 amide bonds. The molecule has 6 nitrogen and oxygen atoms in total. The van der Waals surface area contributed by atoms with Crippen LogP contribution in [-0.2, 0) is 22.5 Å². The molecule has 43 heavy (non-hydrogen) atoms. The maximum atomic E-state index is 13.3. The van der Waals surface area contributed by atoms with Crippen LogP contribution >= 0.6 is 0 Å². The SMILES string of the molecule is CCCCc1nc2cc(N3CC4CCCCC4C3=O)ccc2n1Cc1ccc(-c2ccccc2C(=O)OC(C)(C)C)cc1. The van der Waals surface area contributed by atoms with Gasteiger partial charge in [-0.05, 0) is 86.9 Å². The number of hydrogen-bond donors (Lipinski definition) is 0. The van der Waals surface area contributed by atoms with Crippen molar-refractivity contribution in [3.05, 3.63) is 83.7 Å². The summed E-state index contributed by atoms with van der Waals surface area (Å²) in [6.07, 6.45) is 7.69. The van der Waals surface area contributed by atoms with Crippen molar-refractivity contribution in [2.24, 2.45) is 11.8 Å². The molecular formula is C37H43N3O3. The van der Waals surface area contributed by atoms with Crippen molar-refractivity contribution in [3.8, 4) is 11.1 Å². The number of unbranched alkanes of at least 4 members (excludes halogenated alkanes) is 1. The van der Waals surface area contributed by atoms with Crippen molar-refractivity contribution in [2.75, 3.05) is 11.4 Å². The van der Waals surface area contributed by atoms with E-state index in [9.17, 15) is 9.59 Å². The Hall–Kier alpha value is -3.93. The number of aryl methyl sites for hydroxylation is 1. The van der Waals surface area contributed by atoms with Gasteiger partial charge in [-0.25, -0.2) is 9.78 Å². The number of imidazole rings is 1. The first-order valence-electron chi connectivity index (χ1n) is 15.9. The summed E-state index contributed by atoms with van der Waals surface area (Å²) in [4.78, 5) is 33.3. The van der Waals surface area contributed by atoms with Gasteiger partial charge in [0.15, 0.2) is 0 Å². The summed E-state index contributed by atoms with van der Waals surface area (Å²) in [5.74, 6) is 1.75. The fourth-order valence-corrected chi connectivity index (χ4v) is 6.76. The minimum Gasteiger partial charge on any atom is -0.456 e. The van der Waals surface area contributed by atoms with E-state index in [1.165, 1.54) is 18.4 Å². The highest BCUT2D eigenvalue weighted by Crippen LogP contribution is 2.39. The summed E-state index contributed by atoms with van der Waals surface area (Å²) in [5.41, 5.74) is 6.05. The van der Waals surface area contributed by atoms with Crippen LogP contribution in [0.25, 0.3) is 22.2 Å². The Morgan fingerprint density at radius 2 is 1.77 bits per heavy atom. The lowest BCUT2D eigenvalue weighted by atomic mass is 9.81. The van der Waals surface area contributed by atoms with Crippen LogP contribution in [0.5, 0.6) is 0 Å². The van der Waals surface area contributed by atoms with Crippen LogP contribution in [0.2, 0.25) is 0 Å². The molecule has 0 radical (unpaired) electrons. The minimum atomic E-state index is -0.555. The van der Waals surface area contributed by atoms with Gasteiger partial charge in [-0.3, -0.25) is 4.79 Å². The third-order valence-electron chi connectivity index (χ3n) is 8.94. The van der Waals surface area contributed by atoms with Gasteiger partial charge >= 0.3 is 5.97 Å². The number of aromatic nitrogens is 2. The van der Waals surface area contributed by atoms with Crippen molar-refractivity contribution >= 4 is 28.6 Å². The van der Waals surface area contributed by atoms with Gasteiger partial charge in [0.05, 0.1) is 16.6 Å². The lowest BCUT2D eigenvalue weighted by Crippen LogP contribution is -2.27. The fraction of sp³-hybridized carbons (Fsp3) is 0.432. The van der Waals surface area contributed by atoms with Crippen molar-refractivity contribution < 1.29 is 14.3 Å². The summed E-state index contributed by atoms with van der Waals surface area (Å²) >= 11 is 0. The molecule has 1 aromatic heterocycles. The Kier molecular flexibility index (Phi) is 8.13. The number of ether oxygens (including phenoxy) is 1. The van der Waals surface area contributed by atoms with Crippen molar-refractivity contribution in [3.63, 3.8) is 0 Å². The molecular weight excluding hydrogens is 534 g/mol. The predicted molar refractivity (Wildman–Crippen MR) is 172 cm³/mol. The molecule has 224 valence electrons. The molecule has 3 aromatic carbocycles. The molecule has 2 unspecified atom stereocenters. The van der Waals surface area contributed by atoms with Crippen LogP contribution in [0, 0.1) is 11.8 Å². The second-order valence-corrected chi connectivity index (χ2v) is 13.2. The summed E-state index contributed by atoms with van der Waals surface area (Å²) in [7, 11) is 0. The first-order chi connectivity index (χ1) is 20.7. The number of rotatable bonds is 8. The second kappa shape index (κ2) is 12.0. The zero-order chi connectivity index (χ0) is 30.1. The van der Waals surface area contributed by atoms with Gasteiger partial charge in [0.2, 0.25) is 5.91 Å². The standard InChI is InChI=1S/C37H43N3O3/c1-5-6-15-34-38-32-22-28(39-24-27-11-7-8-13-30(27)35(39)41)20-21-33(32)40(34)23-25-16-18-26(19-17-25)29-12-9-10-14-31(29)36(42)43-37(2,3)4/h9-10,12,14,16-22,27,30H,5-8,11,13,15,23-24H2,1-4H3. The number of esters is 1. The molecule has 1 aliphatic carbocycles. The van der Waals surface area contributed by atoms with E-state index in [-0.39, 0.29) is 11.9 Å². The normalized spacial score (nSPS) is 18.7. The first kappa shape index (κ1) is 29.2. The number of carbonyl (C=O) groups is 2. The van der Waals surface area contributed by atoms with Gasteiger partial charge in [-0.1, -0.05) is 68.7 Å². The average molecular weight is 578 g/mol. The highest BCUT2D eigenvalue weighted by molar-refractivity contribution is 5.99. The molecule has 6 rings (SSSR count). The van der Waals surface area contributed by atoms with Crippen LogP contribution in [0.4, 0.5) is 5.69 Å². The molecule has 2 fully saturated rings. The summed E-state index contributed by atoms with van der Waals surface area (Å²) in [6, 6.07) is 22.4. The van der Waals surface area contributed by atoms with E-state index in [0.717, 1.165) is 72.3 Å². The van der Waals surface area contributed by atoms with Gasteiger partial charge < -0.3 is 14.2 Å². The van der Waals surface area contributed by atoms with E-state index in [4.69, 9.17) is 9.72 Å². The van der Waals surface area contributed by atoms with Gasteiger partial charge in [-0.2, -0.15) is 0 Å². The quantitative estimate of drug-likeness (QED) is 0.198. The first-order valence-corrected chi connectivity index (χ1v) is 15.9. The number of nitrogens with zero attached hydrogens (tertiary/aromatic N) is 3. The lowest BCUT2D eigenvalue weighted by Gasteiger charge is -2.21. The molecule has 0 bridgehead atoms. The Labute approximate surface area is 255 Å².